The molecule has 0 saturated heterocycles. The third-order valence-corrected chi connectivity index (χ3v) is 3.77. The fourth-order valence-corrected chi connectivity index (χ4v) is 2.77. The average Bonchev–Trinajstić information content (AvgIpc) is 2.46. The molecule has 1 aromatic heterocycles. The zero-order chi connectivity index (χ0) is 15.4. The summed E-state index contributed by atoms with van der Waals surface area (Å²) in [7, 11) is 7.87. The number of ether oxygens (including phenoxy) is 1. The van der Waals surface area contributed by atoms with Gasteiger partial charge in [0.15, 0.2) is 0 Å². The second-order valence-corrected chi connectivity index (χ2v) is 5.51. The van der Waals surface area contributed by atoms with Gasteiger partial charge in [0.25, 0.3) is 0 Å². The summed E-state index contributed by atoms with van der Waals surface area (Å²) in [4.78, 5) is 6.97. The van der Waals surface area contributed by atoms with Gasteiger partial charge in [0, 0.05) is 31.2 Å². The molecule has 0 aliphatic heterocycles. The van der Waals surface area contributed by atoms with Crippen LogP contribution in [0.2, 0.25) is 0 Å². The largest absolute Gasteiger partial charge is 0.497 e. The van der Waals surface area contributed by atoms with Crippen molar-refractivity contribution in [1.82, 2.24) is 10.3 Å². The van der Waals surface area contributed by atoms with Crippen LogP contribution in [0.3, 0.4) is 0 Å². The van der Waals surface area contributed by atoms with Crippen LogP contribution < -0.4 is 15.0 Å². The third kappa shape index (κ3) is 3.27. The van der Waals surface area contributed by atoms with Gasteiger partial charge in [0.05, 0.1) is 18.3 Å². The molecule has 0 aliphatic rings. The standard InChI is InChI=1S/C17H25N3O/c1-12-14(7-6-10-18-2)17(20(3)4)15-9-8-13(21-5)11-16(15)19-12/h8-9,11,18H,6-7,10H2,1-5H3. The van der Waals surface area contributed by atoms with Gasteiger partial charge >= 0.3 is 0 Å². The van der Waals surface area contributed by atoms with Gasteiger partial charge in [-0.05, 0) is 51.1 Å². The van der Waals surface area contributed by atoms with E-state index in [1.807, 2.05) is 19.2 Å². The highest BCUT2D eigenvalue weighted by Crippen LogP contribution is 2.33. The molecule has 0 amide bonds. The molecule has 0 radical (unpaired) electrons. The van der Waals surface area contributed by atoms with Gasteiger partial charge in [0.2, 0.25) is 0 Å². The normalized spacial score (nSPS) is 10.9. The number of anilines is 1. The number of rotatable bonds is 6. The van der Waals surface area contributed by atoms with E-state index in [2.05, 4.69) is 37.3 Å². The van der Waals surface area contributed by atoms with Crippen LogP contribution in [0, 0.1) is 6.92 Å². The molecule has 1 heterocycles. The summed E-state index contributed by atoms with van der Waals surface area (Å²) in [6.45, 7) is 3.12. The first-order valence-electron chi connectivity index (χ1n) is 7.37. The number of methoxy groups -OCH3 is 1. The maximum Gasteiger partial charge on any atom is 0.121 e. The molecule has 1 aromatic carbocycles. The number of hydrogen-bond acceptors (Lipinski definition) is 4. The Morgan fingerprint density at radius 3 is 2.67 bits per heavy atom. The molecule has 4 heteroatoms. The number of hydrogen-bond donors (Lipinski definition) is 1. The highest BCUT2D eigenvalue weighted by Gasteiger charge is 2.14. The minimum atomic E-state index is 0.849. The number of fused-ring (bicyclic) bond motifs is 1. The summed E-state index contributed by atoms with van der Waals surface area (Å²) < 4.78 is 5.31. The molecule has 21 heavy (non-hydrogen) atoms. The number of aryl methyl sites for hydroxylation is 1. The lowest BCUT2D eigenvalue weighted by Gasteiger charge is -2.22. The van der Waals surface area contributed by atoms with Gasteiger partial charge < -0.3 is 15.0 Å². The van der Waals surface area contributed by atoms with Crippen LogP contribution in [0.5, 0.6) is 5.75 Å². The van der Waals surface area contributed by atoms with Crippen molar-refractivity contribution in [1.29, 1.82) is 0 Å². The van der Waals surface area contributed by atoms with Crippen LogP contribution >= 0.6 is 0 Å². The summed E-state index contributed by atoms with van der Waals surface area (Å²) in [6.07, 6.45) is 2.15. The number of nitrogens with zero attached hydrogens (tertiary/aromatic N) is 2. The van der Waals surface area contributed by atoms with Crippen LogP contribution in [-0.2, 0) is 6.42 Å². The molecule has 2 aromatic rings. The molecule has 2 rings (SSSR count). The molecule has 0 bridgehead atoms. The Morgan fingerprint density at radius 2 is 2.05 bits per heavy atom. The van der Waals surface area contributed by atoms with E-state index < -0.39 is 0 Å². The third-order valence-electron chi connectivity index (χ3n) is 3.77. The Kier molecular flexibility index (Phi) is 5.02. The number of nitrogens with one attached hydrogen (secondary N) is 1. The first-order chi connectivity index (χ1) is 10.1. The van der Waals surface area contributed by atoms with Crippen molar-refractivity contribution in [3.05, 3.63) is 29.5 Å². The van der Waals surface area contributed by atoms with E-state index >= 15 is 0 Å². The monoisotopic (exact) mass is 287 g/mol. The molecule has 114 valence electrons. The van der Waals surface area contributed by atoms with Crippen molar-refractivity contribution < 1.29 is 4.74 Å². The maximum atomic E-state index is 5.31. The summed E-state index contributed by atoms with van der Waals surface area (Å²) in [6, 6.07) is 6.12. The molecule has 0 aliphatic carbocycles. The zero-order valence-corrected chi connectivity index (χ0v) is 13.7. The Labute approximate surface area is 127 Å². The van der Waals surface area contributed by atoms with Crippen molar-refractivity contribution >= 4 is 16.6 Å². The van der Waals surface area contributed by atoms with E-state index in [1.54, 1.807) is 7.11 Å². The molecule has 4 nitrogen and oxygen atoms in total. The molecule has 0 saturated carbocycles. The lowest BCUT2D eigenvalue weighted by Crippen LogP contribution is -2.15. The average molecular weight is 287 g/mol. The molecule has 1 N–H and O–H groups in total. The fourth-order valence-electron chi connectivity index (χ4n) is 2.77. The molecular formula is C17H25N3O. The van der Waals surface area contributed by atoms with Crippen LogP contribution in [0.1, 0.15) is 17.7 Å². The van der Waals surface area contributed by atoms with Crippen LogP contribution in [0.25, 0.3) is 10.9 Å². The number of aromatic nitrogens is 1. The predicted octanol–water partition coefficient (Wildman–Crippen LogP) is 2.77. The predicted molar refractivity (Wildman–Crippen MR) is 89.6 cm³/mol. The zero-order valence-electron chi connectivity index (χ0n) is 13.7. The van der Waals surface area contributed by atoms with Gasteiger partial charge in [-0.25, -0.2) is 0 Å². The Bertz CT molecular complexity index is 623. The second kappa shape index (κ2) is 6.76. The number of benzene rings is 1. The molecular weight excluding hydrogens is 262 g/mol. The smallest absolute Gasteiger partial charge is 0.121 e. The summed E-state index contributed by atoms with van der Waals surface area (Å²) >= 11 is 0. The highest BCUT2D eigenvalue weighted by molar-refractivity contribution is 5.94. The van der Waals surface area contributed by atoms with Crippen LogP contribution in [0.4, 0.5) is 5.69 Å². The van der Waals surface area contributed by atoms with Gasteiger partial charge in [0.1, 0.15) is 5.75 Å². The van der Waals surface area contributed by atoms with Crippen molar-refractivity contribution in [2.45, 2.75) is 19.8 Å². The molecule has 0 unspecified atom stereocenters. The quantitative estimate of drug-likeness (QED) is 0.829. The van der Waals surface area contributed by atoms with Crippen molar-refractivity contribution in [3.8, 4) is 5.75 Å². The van der Waals surface area contributed by atoms with Crippen molar-refractivity contribution in [3.63, 3.8) is 0 Å². The van der Waals surface area contributed by atoms with E-state index in [0.717, 1.165) is 36.3 Å². The SMILES string of the molecule is CNCCCc1c(C)nc2cc(OC)ccc2c1N(C)C. The van der Waals surface area contributed by atoms with Crippen LogP contribution in [0.15, 0.2) is 18.2 Å². The highest BCUT2D eigenvalue weighted by atomic mass is 16.5. The Balaban J connectivity index is 2.57. The first-order valence-corrected chi connectivity index (χ1v) is 7.37. The van der Waals surface area contributed by atoms with E-state index in [9.17, 15) is 0 Å². The van der Waals surface area contributed by atoms with Crippen LogP contribution in [-0.4, -0.2) is 39.8 Å². The summed E-state index contributed by atoms with van der Waals surface area (Å²) in [5.41, 5.74) is 4.72. The minimum absolute atomic E-state index is 0.849. The molecule has 0 atom stereocenters. The second-order valence-electron chi connectivity index (χ2n) is 5.51. The van der Waals surface area contributed by atoms with E-state index in [4.69, 9.17) is 9.72 Å². The minimum Gasteiger partial charge on any atom is -0.497 e. The fraction of sp³-hybridized carbons (Fsp3) is 0.471. The van der Waals surface area contributed by atoms with E-state index in [1.165, 1.54) is 16.6 Å². The maximum absolute atomic E-state index is 5.31. The van der Waals surface area contributed by atoms with Crippen molar-refractivity contribution in [2.75, 3.05) is 39.7 Å². The van der Waals surface area contributed by atoms with Gasteiger partial charge in [-0.2, -0.15) is 0 Å². The van der Waals surface area contributed by atoms with E-state index in [-0.39, 0.29) is 0 Å². The first kappa shape index (κ1) is 15.6. The van der Waals surface area contributed by atoms with Gasteiger partial charge in [-0.15, -0.1) is 0 Å². The van der Waals surface area contributed by atoms with Gasteiger partial charge in [-0.1, -0.05) is 0 Å². The topological polar surface area (TPSA) is 37.4 Å². The lowest BCUT2D eigenvalue weighted by molar-refractivity contribution is 0.415. The van der Waals surface area contributed by atoms with Gasteiger partial charge in [-0.3, -0.25) is 4.98 Å². The number of pyridine rings is 1. The summed E-state index contributed by atoms with van der Waals surface area (Å²) in [5, 5.41) is 4.39. The van der Waals surface area contributed by atoms with Crippen molar-refractivity contribution in [2.24, 2.45) is 0 Å². The van der Waals surface area contributed by atoms with E-state index in [0.29, 0.717) is 0 Å². The Morgan fingerprint density at radius 1 is 1.29 bits per heavy atom. The molecule has 0 spiro atoms. The Hall–Kier alpha value is -1.81. The lowest BCUT2D eigenvalue weighted by atomic mass is 10.0. The summed E-state index contributed by atoms with van der Waals surface area (Å²) in [5.74, 6) is 0.849. The molecule has 0 fully saturated rings.